The summed E-state index contributed by atoms with van der Waals surface area (Å²) in [5, 5.41) is 49.6. The topological polar surface area (TPSA) is 285 Å². The normalized spacial score (nSPS) is 32.2. The summed E-state index contributed by atoms with van der Waals surface area (Å²) in [7, 11) is 2.82. The van der Waals surface area contributed by atoms with Gasteiger partial charge in [-0.05, 0) is 125 Å². The number of methoxy groups -OCH3 is 1. The zero-order valence-electron chi connectivity index (χ0n) is 59.0. The van der Waals surface area contributed by atoms with Crippen LogP contribution >= 0.6 is 12.4 Å². The number of aliphatic hydroxyl groups excluding tert-OH is 2. The number of nitrogens with one attached hydrogen (secondary N) is 1. The van der Waals surface area contributed by atoms with Gasteiger partial charge in [-0.15, -0.1) is 12.4 Å². The number of ether oxygens (including phenoxy) is 8. The van der Waals surface area contributed by atoms with Crippen molar-refractivity contribution in [1.82, 2.24) is 10.2 Å². The summed E-state index contributed by atoms with van der Waals surface area (Å²) >= 11 is 0. The highest BCUT2D eigenvalue weighted by atomic mass is 35.5. The van der Waals surface area contributed by atoms with Gasteiger partial charge in [-0.2, -0.15) is 21.6 Å². The SMILES string of the molecule is CCC(=O)OC1C(OC2C(C)C(OC3CC(C)(OC)C(O)C(C)O3)C(C)C(=O)OC(CC)C(C)(O)C(O)C(C)C(=O)C(C)CC2(C)O)OC(C)CC1N(C)C.CCCCCCCCCCCCOS(=O)(=O)O.CNCCC(Oc1ccc(C(F)(F)F)cc1)c1ccccc1.Cl. The third-order valence-electron chi connectivity index (χ3n) is 18.4. The second-order valence-corrected chi connectivity index (χ2v) is 27.7. The average molecular weight is 1400 g/mol. The molecule has 3 aliphatic rings. The molecule has 0 aromatic heterocycles. The first-order valence-electron chi connectivity index (χ1n) is 33.7. The molecule has 5 rings (SSSR count). The largest absolute Gasteiger partial charge is 0.486 e. The average Bonchev–Trinajstić information content (AvgIpc) is 0.781. The fourth-order valence-corrected chi connectivity index (χ4v) is 13.0. The van der Waals surface area contributed by atoms with E-state index >= 15 is 0 Å². The molecule has 0 saturated carbocycles. The Labute approximate surface area is 570 Å². The van der Waals surface area contributed by atoms with Gasteiger partial charge in [-0.3, -0.25) is 18.9 Å². The van der Waals surface area contributed by atoms with Crippen molar-refractivity contribution >= 4 is 40.5 Å². The molecule has 19 atom stereocenters. The van der Waals surface area contributed by atoms with Crippen LogP contribution in [0.1, 0.15) is 203 Å². The van der Waals surface area contributed by atoms with Gasteiger partial charge in [0.15, 0.2) is 18.7 Å². The number of Topliss-reactive ketones (excluding diaryl/α,β-unsaturated/α-hetero) is 1. The van der Waals surface area contributed by atoms with Crippen molar-refractivity contribution in [2.45, 2.75) is 282 Å². The molecule has 6 N–H and O–H groups in total. The highest BCUT2D eigenvalue weighted by Gasteiger charge is 2.54. The summed E-state index contributed by atoms with van der Waals surface area (Å²) in [4.78, 5) is 42.9. The number of alkyl halides is 3. The molecular weight excluding hydrogens is 1290 g/mol. The van der Waals surface area contributed by atoms with E-state index in [9.17, 15) is 56.4 Å². The van der Waals surface area contributed by atoms with Crippen LogP contribution in [0.25, 0.3) is 0 Å². The summed E-state index contributed by atoms with van der Waals surface area (Å²) < 4.78 is 120. The van der Waals surface area contributed by atoms with E-state index in [4.69, 9.17) is 42.4 Å². The fourth-order valence-electron chi connectivity index (χ4n) is 12.6. The molecule has 0 aliphatic carbocycles. The Morgan fingerprint density at radius 1 is 0.800 bits per heavy atom. The first-order valence-corrected chi connectivity index (χ1v) is 35.0. The van der Waals surface area contributed by atoms with Crippen LogP contribution in [-0.4, -0.2) is 182 Å². The van der Waals surface area contributed by atoms with E-state index in [-0.39, 0.29) is 62.9 Å². The minimum absolute atomic E-state index is 0. The molecule has 26 heteroatoms. The smallest absolute Gasteiger partial charge is 0.416 e. The summed E-state index contributed by atoms with van der Waals surface area (Å²) in [6.45, 7) is 21.1. The number of likely N-dealkylation sites (N-methyl/N-ethyl adjacent to an activating group) is 1. The van der Waals surface area contributed by atoms with E-state index in [0.29, 0.717) is 18.6 Å². The van der Waals surface area contributed by atoms with Crippen molar-refractivity contribution in [2.75, 3.05) is 41.4 Å². The number of benzene rings is 2. The van der Waals surface area contributed by atoms with Gasteiger partial charge in [0.25, 0.3) is 0 Å². The third-order valence-corrected chi connectivity index (χ3v) is 18.8. The first-order chi connectivity index (χ1) is 43.9. The zero-order chi connectivity index (χ0) is 70.9. The number of unbranched alkanes of at least 4 members (excludes halogenated alkanes) is 9. The summed E-state index contributed by atoms with van der Waals surface area (Å²) in [6, 6.07) is 14.1. The van der Waals surface area contributed by atoms with E-state index in [0.717, 1.165) is 43.5 Å². The van der Waals surface area contributed by atoms with Crippen molar-refractivity contribution in [3.05, 3.63) is 65.7 Å². The van der Waals surface area contributed by atoms with Crippen LogP contribution in [0.3, 0.4) is 0 Å². The van der Waals surface area contributed by atoms with Crippen molar-refractivity contribution in [3.8, 4) is 5.75 Å². The Hall–Kier alpha value is -3.64. The molecule has 550 valence electrons. The molecule has 21 nitrogen and oxygen atoms in total. The highest BCUT2D eigenvalue weighted by molar-refractivity contribution is 7.80. The van der Waals surface area contributed by atoms with Gasteiger partial charge in [-0.25, -0.2) is 4.18 Å². The maximum atomic E-state index is 14.2. The number of hydrogen-bond donors (Lipinski definition) is 6. The van der Waals surface area contributed by atoms with Crippen LogP contribution in [0.4, 0.5) is 13.2 Å². The van der Waals surface area contributed by atoms with Gasteiger partial charge < -0.3 is 68.5 Å². The number of esters is 2. The molecule has 0 bridgehead atoms. The number of nitrogens with zero attached hydrogens (tertiary/aromatic N) is 1. The standard InChI is InChI=1S/C40H71NO14.C17H18F3NO.C12H26O4S.ClH/c1-15-27-40(11,48)33(44)22(5)30(43)20(3)18-38(9,47)35(55-37-32(53-28(42)16-2)26(41(12)13)17-21(4)50-37)23(6)31(24(7)36(46)52-27)54-29-19-39(10,49-14)34(45)25(8)51-29;1-21-12-11-16(13-5-3-2-4-6-13)22-15-9-7-14(8-10-15)17(18,19)20;1-2-3-4-5-6-7-8-9-10-11-12-16-17(13,14)15;/h20-27,29,31-35,37,44-45,47-48H,15-19H2,1-14H3;2-10,16,21H,11-12H2,1H3;2-12H2,1H3,(H,13,14,15);1H. The Balaban J connectivity index is 0.000000622. The summed E-state index contributed by atoms with van der Waals surface area (Å²) in [5.41, 5.74) is -4.60. The summed E-state index contributed by atoms with van der Waals surface area (Å²) in [6.07, 6.45) is -1.64. The molecule has 3 aliphatic heterocycles. The third kappa shape index (κ3) is 27.8. The second-order valence-electron chi connectivity index (χ2n) is 26.7. The van der Waals surface area contributed by atoms with Gasteiger partial charge in [0.1, 0.15) is 35.4 Å². The molecule has 19 unspecified atom stereocenters. The van der Waals surface area contributed by atoms with Gasteiger partial charge in [0.05, 0.1) is 65.9 Å². The van der Waals surface area contributed by atoms with Crippen LogP contribution in [0, 0.1) is 23.7 Å². The van der Waals surface area contributed by atoms with Crippen LogP contribution in [0.2, 0.25) is 0 Å². The number of carbonyl (C=O) groups is 3. The number of carbonyl (C=O) groups excluding carboxylic acids is 3. The van der Waals surface area contributed by atoms with Gasteiger partial charge in [-0.1, -0.05) is 130 Å². The Morgan fingerprint density at radius 3 is 1.89 bits per heavy atom. The van der Waals surface area contributed by atoms with Gasteiger partial charge >= 0.3 is 28.5 Å². The fraction of sp³-hybridized carbons (Fsp3) is 0.783. The molecule has 3 fully saturated rings. The minimum atomic E-state index is -4.33. The lowest BCUT2D eigenvalue weighted by molar-refractivity contribution is -0.319. The van der Waals surface area contributed by atoms with Crippen molar-refractivity contribution in [1.29, 1.82) is 0 Å². The molecule has 95 heavy (non-hydrogen) atoms. The lowest BCUT2D eigenvalue weighted by Gasteiger charge is -2.49. The summed E-state index contributed by atoms with van der Waals surface area (Å²) in [5.74, 6) is -5.16. The number of aliphatic hydroxyl groups is 4. The number of rotatable bonds is 27. The van der Waals surface area contributed by atoms with Crippen LogP contribution in [0.15, 0.2) is 54.6 Å². The van der Waals surface area contributed by atoms with Gasteiger partial charge in [0.2, 0.25) is 0 Å². The molecular formula is C69H116ClF3N2O19S. The zero-order valence-corrected chi connectivity index (χ0v) is 60.6. The van der Waals surface area contributed by atoms with Crippen LogP contribution in [0.5, 0.6) is 5.75 Å². The number of halogens is 4. The number of hydrogen-bond acceptors (Lipinski definition) is 20. The molecule has 2 aromatic rings. The predicted molar refractivity (Wildman–Crippen MR) is 357 cm³/mol. The molecule has 3 saturated heterocycles. The van der Waals surface area contributed by atoms with Gasteiger partial charge in [0, 0.05) is 44.1 Å². The van der Waals surface area contributed by atoms with Crippen molar-refractivity contribution < 1.29 is 103 Å². The van der Waals surface area contributed by atoms with E-state index < -0.39 is 136 Å². The lowest BCUT2D eigenvalue weighted by Crippen LogP contribution is -2.61. The quantitative estimate of drug-likeness (QED) is 0.0275. The molecule has 0 amide bonds. The van der Waals surface area contributed by atoms with E-state index in [1.54, 1.807) is 48.5 Å². The molecule has 0 radical (unpaired) electrons. The predicted octanol–water partition coefficient (Wildman–Crippen LogP) is 11.3. The monoisotopic (exact) mass is 1400 g/mol. The number of ketones is 1. The van der Waals surface area contributed by atoms with Crippen LogP contribution in [-0.2, 0) is 68.3 Å². The Kier molecular flexibility index (Phi) is 37.9. The lowest BCUT2D eigenvalue weighted by atomic mass is 9.74. The second kappa shape index (κ2) is 41.2. The van der Waals surface area contributed by atoms with E-state index in [1.165, 1.54) is 85.0 Å². The van der Waals surface area contributed by atoms with Crippen LogP contribution < -0.4 is 10.1 Å². The maximum absolute atomic E-state index is 14.2. The number of cyclic esters (lactones) is 1. The maximum Gasteiger partial charge on any atom is 0.416 e. The minimum Gasteiger partial charge on any atom is -0.486 e. The van der Waals surface area contributed by atoms with E-state index in [2.05, 4.69) is 16.4 Å². The Morgan fingerprint density at radius 2 is 1.38 bits per heavy atom. The highest BCUT2D eigenvalue weighted by Crippen LogP contribution is 2.42. The molecule has 2 aromatic carbocycles. The van der Waals surface area contributed by atoms with E-state index in [1.807, 2.05) is 63.3 Å². The first kappa shape index (κ1) is 87.4. The molecule has 3 heterocycles. The Bertz CT molecular complexity index is 2630. The molecule has 0 spiro atoms. The van der Waals surface area contributed by atoms with Crippen molar-refractivity contribution in [2.24, 2.45) is 23.7 Å². The van der Waals surface area contributed by atoms with Crippen molar-refractivity contribution in [3.63, 3.8) is 0 Å².